The largest absolute Gasteiger partial charge is 0.514 e. The minimum atomic E-state index is -0.558. The maximum Gasteiger partial charge on any atom is 0.514 e. The Morgan fingerprint density at radius 2 is 1.80 bits per heavy atom. The van der Waals surface area contributed by atoms with Crippen LogP contribution >= 0.6 is 0 Å². The van der Waals surface area contributed by atoms with E-state index in [2.05, 4.69) is 4.98 Å². The summed E-state index contributed by atoms with van der Waals surface area (Å²) in [7, 11) is -0.558. The predicted octanol–water partition coefficient (Wildman–Crippen LogP) is 0.886. The van der Waals surface area contributed by atoms with Gasteiger partial charge in [-0.25, -0.2) is 4.98 Å². The fourth-order valence-corrected chi connectivity index (χ4v) is 2.17. The van der Waals surface area contributed by atoms with Crippen molar-refractivity contribution in [3.05, 3.63) is 17.7 Å². The molecule has 1 aromatic heterocycles. The quantitative estimate of drug-likeness (QED) is 0.803. The van der Waals surface area contributed by atoms with Crippen LogP contribution in [0, 0.1) is 0 Å². The summed E-state index contributed by atoms with van der Waals surface area (Å²) < 4.78 is 12.0. The topological polar surface area (TPSA) is 77.6 Å². The zero-order chi connectivity index (χ0) is 15.1. The molecule has 1 aliphatic rings. The average molecular weight is 278 g/mol. The van der Waals surface area contributed by atoms with Crippen LogP contribution < -0.4 is 11.3 Å². The molecular weight excluding hydrogens is 255 g/mol. The highest BCUT2D eigenvalue weighted by Crippen LogP contribution is 2.36. The fourth-order valence-electron chi connectivity index (χ4n) is 2.17. The van der Waals surface area contributed by atoms with Crippen molar-refractivity contribution < 1.29 is 14.4 Å². The van der Waals surface area contributed by atoms with Crippen molar-refractivity contribution >= 4 is 18.5 Å². The molecule has 0 spiro atoms. The summed E-state index contributed by atoms with van der Waals surface area (Å²) in [5, 5.41) is 9.61. The van der Waals surface area contributed by atoms with E-state index in [4.69, 9.17) is 15.0 Å². The van der Waals surface area contributed by atoms with Crippen LogP contribution in [0.4, 0.5) is 5.82 Å². The molecule has 2 rings (SSSR count). The molecule has 110 valence electrons. The van der Waals surface area contributed by atoms with E-state index < -0.39 is 24.4 Å². The molecule has 0 aromatic carbocycles. The number of aliphatic hydroxyl groups is 1. The van der Waals surface area contributed by atoms with Gasteiger partial charge in [-0.05, 0) is 52.7 Å². The molecule has 5 nitrogen and oxygen atoms in total. The number of pyridine rings is 1. The number of nitrogens with two attached hydrogens (primary N) is 1. The van der Waals surface area contributed by atoms with Gasteiger partial charge in [0, 0.05) is 0 Å². The monoisotopic (exact) mass is 278 g/mol. The lowest BCUT2D eigenvalue weighted by molar-refractivity contribution is 0.00578. The standard InChI is InChI=1S/C14H23BN2O3/c1-9(18)8-10-6-7-11(16)17-12(10)15-19-13(2,3)14(4,5)20-15/h6-7,9,18H,8H2,1-5H3,(H2,16,17). The third-order valence-electron chi connectivity index (χ3n) is 4.03. The summed E-state index contributed by atoms with van der Waals surface area (Å²) >= 11 is 0. The number of hydrogen-bond donors (Lipinski definition) is 2. The molecule has 0 radical (unpaired) electrons. The molecule has 6 heteroatoms. The number of anilines is 1. The first kappa shape index (κ1) is 15.3. The number of rotatable bonds is 3. The Hall–Kier alpha value is -1.11. The van der Waals surface area contributed by atoms with Crippen LogP contribution in [0.15, 0.2) is 12.1 Å². The van der Waals surface area contributed by atoms with Crippen molar-refractivity contribution in [3.63, 3.8) is 0 Å². The van der Waals surface area contributed by atoms with Crippen LogP contribution in [0.2, 0.25) is 0 Å². The Morgan fingerprint density at radius 1 is 1.25 bits per heavy atom. The first-order chi connectivity index (χ1) is 9.12. The van der Waals surface area contributed by atoms with Crippen molar-refractivity contribution in [2.24, 2.45) is 0 Å². The van der Waals surface area contributed by atoms with Gasteiger partial charge >= 0.3 is 7.12 Å². The number of hydrogen-bond acceptors (Lipinski definition) is 5. The Balaban J connectivity index is 2.36. The van der Waals surface area contributed by atoms with Gasteiger partial charge in [0.25, 0.3) is 0 Å². The van der Waals surface area contributed by atoms with Crippen LogP contribution in [0.3, 0.4) is 0 Å². The Kier molecular flexibility index (Phi) is 3.84. The van der Waals surface area contributed by atoms with E-state index >= 15 is 0 Å². The predicted molar refractivity (Wildman–Crippen MR) is 79.8 cm³/mol. The van der Waals surface area contributed by atoms with Gasteiger partial charge in [0.1, 0.15) is 5.82 Å². The zero-order valence-electron chi connectivity index (χ0n) is 12.8. The normalized spacial score (nSPS) is 22.0. The summed E-state index contributed by atoms with van der Waals surface area (Å²) in [5.74, 6) is 0.420. The molecule has 1 aromatic rings. The number of nitrogens with zero attached hydrogens (tertiary/aromatic N) is 1. The van der Waals surface area contributed by atoms with E-state index in [1.54, 1.807) is 13.0 Å². The van der Waals surface area contributed by atoms with Crippen LogP contribution in [0.25, 0.3) is 0 Å². The van der Waals surface area contributed by atoms with Gasteiger partial charge in [-0.3, -0.25) is 0 Å². The van der Waals surface area contributed by atoms with Gasteiger partial charge < -0.3 is 20.1 Å². The molecule has 1 atom stereocenters. The minimum Gasteiger partial charge on any atom is -0.398 e. The maximum atomic E-state index is 9.61. The van der Waals surface area contributed by atoms with Crippen molar-refractivity contribution in [1.82, 2.24) is 4.98 Å². The maximum absolute atomic E-state index is 9.61. The van der Waals surface area contributed by atoms with E-state index in [0.717, 1.165) is 5.56 Å². The summed E-state index contributed by atoms with van der Waals surface area (Å²) in [6, 6.07) is 3.60. The van der Waals surface area contributed by atoms with Crippen LogP contribution in [0.5, 0.6) is 0 Å². The molecule has 3 N–H and O–H groups in total. The highest BCUT2D eigenvalue weighted by molar-refractivity contribution is 6.61. The summed E-state index contributed by atoms with van der Waals surface area (Å²) in [5.41, 5.74) is 6.48. The third-order valence-corrected chi connectivity index (χ3v) is 4.03. The van der Waals surface area contributed by atoms with Gasteiger partial charge in [-0.15, -0.1) is 0 Å². The van der Waals surface area contributed by atoms with Crippen molar-refractivity contribution in [2.75, 3.05) is 5.73 Å². The molecule has 0 aliphatic carbocycles. The smallest absolute Gasteiger partial charge is 0.398 e. The molecule has 0 saturated carbocycles. The average Bonchev–Trinajstić information content (AvgIpc) is 2.50. The molecular formula is C14H23BN2O3. The minimum absolute atomic E-state index is 0.420. The lowest BCUT2D eigenvalue weighted by Crippen LogP contribution is -2.41. The van der Waals surface area contributed by atoms with E-state index in [1.165, 1.54) is 0 Å². The highest BCUT2D eigenvalue weighted by atomic mass is 16.7. The van der Waals surface area contributed by atoms with Gasteiger partial charge in [-0.1, -0.05) is 6.07 Å². The molecule has 1 unspecified atom stereocenters. The number of aliphatic hydroxyl groups excluding tert-OH is 1. The summed E-state index contributed by atoms with van der Waals surface area (Å²) in [4.78, 5) is 4.36. The highest BCUT2D eigenvalue weighted by Gasteiger charge is 2.52. The van der Waals surface area contributed by atoms with Gasteiger partial charge in [0.15, 0.2) is 0 Å². The van der Waals surface area contributed by atoms with E-state index in [0.29, 0.717) is 17.8 Å². The first-order valence-electron chi connectivity index (χ1n) is 6.91. The van der Waals surface area contributed by atoms with Gasteiger partial charge in [0.2, 0.25) is 0 Å². The molecule has 0 bridgehead atoms. The molecule has 20 heavy (non-hydrogen) atoms. The third kappa shape index (κ3) is 2.82. The van der Waals surface area contributed by atoms with Crippen LogP contribution in [-0.4, -0.2) is 34.5 Å². The summed E-state index contributed by atoms with van der Waals surface area (Å²) in [6.45, 7) is 9.72. The van der Waals surface area contributed by atoms with E-state index in [9.17, 15) is 5.11 Å². The SMILES string of the molecule is CC(O)Cc1ccc(N)nc1B1OC(C)(C)C(C)(C)O1. The lowest BCUT2D eigenvalue weighted by atomic mass is 9.79. The first-order valence-corrected chi connectivity index (χ1v) is 6.91. The van der Waals surface area contributed by atoms with Gasteiger partial charge in [0.05, 0.1) is 22.9 Å². The molecule has 1 fully saturated rings. The Labute approximate surface area is 120 Å². The van der Waals surface area contributed by atoms with E-state index in [-0.39, 0.29) is 0 Å². The molecule has 1 saturated heterocycles. The number of aromatic nitrogens is 1. The Morgan fingerprint density at radius 3 is 2.30 bits per heavy atom. The fraction of sp³-hybridized carbons (Fsp3) is 0.643. The molecule has 0 amide bonds. The van der Waals surface area contributed by atoms with Crippen molar-refractivity contribution in [2.45, 2.75) is 58.3 Å². The van der Waals surface area contributed by atoms with Crippen LogP contribution in [-0.2, 0) is 15.7 Å². The Bertz CT molecular complexity index is 487. The van der Waals surface area contributed by atoms with Gasteiger partial charge in [-0.2, -0.15) is 0 Å². The second-order valence-corrected chi connectivity index (χ2v) is 6.42. The van der Waals surface area contributed by atoms with Crippen molar-refractivity contribution in [1.29, 1.82) is 0 Å². The number of nitrogen functional groups attached to an aromatic ring is 1. The second kappa shape index (κ2) is 5.02. The van der Waals surface area contributed by atoms with Crippen molar-refractivity contribution in [3.8, 4) is 0 Å². The zero-order valence-corrected chi connectivity index (χ0v) is 12.8. The molecule has 1 aliphatic heterocycles. The summed E-state index contributed by atoms with van der Waals surface area (Å²) in [6.07, 6.45) is 0.0359. The second-order valence-electron chi connectivity index (χ2n) is 6.42. The van der Waals surface area contributed by atoms with E-state index in [1.807, 2.05) is 33.8 Å². The lowest BCUT2D eigenvalue weighted by Gasteiger charge is -2.32. The molecule has 2 heterocycles. The van der Waals surface area contributed by atoms with Crippen LogP contribution in [0.1, 0.15) is 40.2 Å².